The molecule has 1 aromatic carbocycles. The number of anilines is 1. The monoisotopic (exact) mass is 369 g/mol. The molecule has 7 nitrogen and oxygen atoms in total. The van der Waals surface area contributed by atoms with Crippen molar-refractivity contribution < 1.29 is 9.53 Å². The van der Waals surface area contributed by atoms with Crippen LogP contribution in [0.4, 0.5) is 5.82 Å². The van der Waals surface area contributed by atoms with Crippen LogP contribution in [0, 0.1) is 0 Å². The average Bonchev–Trinajstić information content (AvgIpc) is 3.05. The van der Waals surface area contributed by atoms with E-state index < -0.39 is 0 Å². The number of para-hydroxylation sites is 1. The molecule has 0 bridgehead atoms. The summed E-state index contributed by atoms with van der Waals surface area (Å²) < 4.78 is 7.98. The molecule has 3 rings (SSSR count). The fourth-order valence-electron chi connectivity index (χ4n) is 3.26. The lowest BCUT2D eigenvalue weighted by Crippen LogP contribution is -2.15. The number of hydrogen-bond acceptors (Lipinski definition) is 5. The van der Waals surface area contributed by atoms with Crippen molar-refractivity contribution in [3.05, 3.63) is 30.1 Å². The van der Waals surface area contributed by atoms with Crippen molar-refractivity contribution in [1.82, 2.24) is 19.9 Å². The molecule has 0 aliphatic rings. The number of benzene rings is 1. The van der Waals surface area contributed by atoms with Crippen molar-refractivity contribution in [2.75, 3.05) is 25.5 Å². The zero-order valence-electron chi connectivity index (χ0n) is 15.8. The van der Waals surface area contributed by atoms with Gasteiger partial charge in [0.2, 0.25) is 6.41 Å². The van der Waals surface area contributed by atoms with E-state index in [0.717, 1.165) is 53.4 Å². The van der Waals surface area contributed by atoms with Crippen molar-refractivity contribution in [2.45, 2.75) is 39.2 Å². The molecule has 27 heavy (non-hydrogen) atoms. The van der Waals surface area contributed by atoms with Crippen LogP contribution < -0.4 is 11.1 Å². The Balaban J connectivity index is 1.87. The minimum atomic E-state index is 0.473. The predicted molar refractivity (Wildman–Crippen MR) is 108 cm³/mol. The number of fused-ring (bicyclic) bond motifs is 3. The lowest BCUT2D eigenvalue weighted by molar-refractivity contribution is -0.109. The van der Waals surface area contributed by atoms with Crippen molar-refractivity contribution in [2.24, 2.45) is 0 Å². The van der Waals surface area contributed by atoms with E-state index >= 15 is 0 Å². The Hall–Kier alpha value is -2.67. The molecule has 0 saturated heterocycles. The molecule has 2 heterocycles. The van der Waals surface area contributed by atoms with Crippen LogP contribution in [0.3, 0.4) is 0 Å². The summed E-state index contributed by atoms with van der Waals surface area (Å²) in [6, 6.07) is 8.03. The maximum absolute atomic E-state index is 10.3. The van der Waals surface area contributed by atoms with Crippen LogP contribution in [0.5, 0.6) is 0 Å². The molecule has 0 unspecified atom stereocenters. The third-order valence-electron chi connectivity index (χ3n) is 4.60. The van der Waals surface area contributed by atoms with Gasteiger partial charge in [0.15, 0.2) is 5.82 Å². The second kappa shape index (κ2) is 9.32. The quantitative estimate of drug-likeness (QED) is 0.400. The van der Waals surface area contributed by atoms with Gasteiger partial charge in [-0.25, -0.2) is 9.97 Å². The van der Waals surface area contributed by atoms with Crippen molar-refractivity contribution >= 4 is 34.2 Å². The number of imidazole rings is 1. The molecule has 2 aromatic heterocycles. The zero-order valence-corrected chi connectivity index (χ0v) is 15.8. The van der Waals surface area contributed by atoms with Gasteiger partial charge < -0.3 is 20.4 Å². The standard InChI is InChI=1S/C20H27N5O2/c1-2-3-9-17-24-18-19(15-7-4-5-8-16(15)23-20(18)21)25(17)11-13-27-12-6-10-22-14-26/h4-5,7-8,14H,2-3,6,9-13H2,1H3,(H2,21,23)(H,22,26). The number of unbranched alkanes of at least 4 members (excludes halogenated alkanes) is 1. The van der Waals surface area contributed by atoms with Gasteiger partial charge in [-0.3, -0.25) is 4.79 Å². The molecule has 1 amide bonds. The molecular weight excluding hydrogens is 342 g/mol. The number of rotatable bonds is 11. The summed E-state index contributed by atoms with van der Waals surface area (Å²) in [5.74, 6) is 1.50. The highest BCUT2D eigenvalue weighted by Gasteiger charge is 2.16. The third-order valence-corrected chi connectivity index (χ3v) is 4.60. The van der Waals surface area contributed by atoms with Gasteiger partial charge in [-0.15, -0.1) is 0 Å². The highest BCUT2D eigenvalue weighted by atomic mass is 16.5. The number of aryl methyl sites for hydroxylation is 1. The van der Waals surface area contributed by atoms with Gasteiger partial charge in [-0.1, -0.05) is 31.5 Å². The SMILES string of the molecule is CCCCc1nc2c(N)nc3ccccc3c2n1CCOCCCNC=O. The van der Waals surface area contributed by atoms with Crippen LogP contribution >= 0.6 is 0 Å². The zero-order chi connectivity index (χ0) is 19.1. The minimum absolute atomic E-state index is 0.473. The normalized spacial score (nSPS) is 11.3. The Bertz CT molecular complexity index is 906. The van der Waals surface area contributed by atoms with Crippen molar-refractivity contribution in [3.63, 3.8) is 0 Å². The second-order valence-corrected chi connectivity index (χ2v) is 6.53. The fourth-order valence-corrected chi connectivity index (χ4v) is 3.26. The number of pyridine rings is 1. The molecular formula is C20H27N5O2. The highest BCUT2D eigenvalue weighted by molar-refractivity contribution is 6.06. The number of nitrogens with two attached hydrogens (primary N) is 1. The molecule has 0 saturated carbocycles. The summed E-state index contributed by atoms with van der Waals surface area (Å²) in [4.78, 5) is 19.6. The number of carbonyl (C=O) groups excluding carboxylic acids is 1. The first-order valence-electron chi connectivity index (χ1n) is 9.54. The topological polar surface area (TPSA) is 95.1 Å². The van der Waals surface area contributed by atoms with Gasteiger partial charge in [0.05, 0.1) is 17.6 Å². The molecule has 0 atom stereocenters. The largest absolute Gasteiger partial charge is 0.382 e. The van der Waals surface area contributed by atoms with E-state index in [0.29, 0.717) is 38.5 Å². The lowest BCUT2D eigenvalue weighted by atomic mass is 10.2. The van der Waals surface area contributed by atoms with Crippen LogP contribution in [0.15, 0.2) is 24.3 Å². The maximum Gasteiger partial charge on any atom is 0.207 e. The summed E-state index contributed by atoms with van der Waals surface area (Å²) >= 11 is 0. The number of ether oxygens (including phenoxy) is 1. The van der Waals surface area contributed by atoms with E-state index in [1.165, 1.54) is 0 Å². The number of amides is 1. The Morgan fingerprint density at radius 3 is 2.89 bits per heavy atom. The third kappa shape index (κ3) is 4.36. The molecule has 144 valence electrons. The number of carbonyl (C=O) groups is 1. The number of hydrogen-bond donors (Lipinski definition) is 2. The first-order valence-corrected chi connectivity index (χ1v) is 9.54. The van der Waals surface area contributed by atoms with Gasteiger partial charge in [0.1, 0.15) is 11.3 Å². The van der Waals surface area contributed by atoms with Crippen LogP contribution in [-0.4, -0.2) is 40.7 Å². The summed E-state index contributed by atoms with van der Waals surface area (Å²) in [5.41, 5.74) is 8.89. The molecule has 0 aliphatic carbocycles. The van der Waals surface area contributed by atoms with E-state index in [1.807, 2.05) is 18.2 Å². The van der Waals surface area contributed by atoms with Crippen LogP contribution in [0.2, 0.25) is 0 Å². The average molecular weight is 369 g/mol. The Morgan fingerprint density at radius 1 is 1.22 bits per heavy atom. The molecule has 0 aliphatic heterocycles. The van der Waals surface area contributed by atoms with Crippen LogP contribution in [0.1, 0.15) is 32.0 Å². The number of nitrogens with zero attached hydrogens (tertiary/aromatic N) is 3. The molecule has 3 N–H and O–H groups in total. The maximum atomic E-state index is 10.3. The molecule has 0 spiro atoms. The van der Waals surface area contributed by atoms with Gasteiger partial charge in [0, 0.05) is 31.5 Å². The predicted octanol–water partition coefficient (Wildman–Crippen LogP) is 2.66. The first kappa shape index (κ1) is 19.1. The summed E-state index contributed by atoms with van der Waals surface area (Å²) in [5, 5.41) is 3.70. The Morgan fingerprint density at radius 2 is 2.07 bits per heavy atom. The molecule has 3 aromatic rings. The molecule has 7 heteroatoms. The van der Waals surface area contributed by atoms with Gasteiger partial charge in [0.25, 0.3) is 0 Å². The Labute approximate surface area is 158 Å². The van der Waals surface area contributed by atoms with Gasteiger partial charge in [-0.2, -0.15) is 0 Å². The molecule has 0 radical (unpaired) electrons. The van der Waals surface area contributed by atoms with Crippen LogP contribution in [-0.2, 0) is 22.5 Å². The summed E-state index contributed by atoms with van der Waals surface area (Å²) in [6.07, 6.45) is 4.60. The number of nitrogen functional groups attached to an aromatic ring is 1. The summed E-state index contributed by atoms with van der Waals surface area (Å²) in [6.45, 7) is 4.72. The van der Waals surface area contributed by atoms with E-state index in [2.05, 4.69) is 27.9 Å². The van der Waals surface area contributed by atoms with Crippen molar-refractivity contribution in [3.8, 4) is 0 Å². The molecule has 0 fully saturated rings. The highest BCUT2D eigenvalue weighted by Crippen LogP contribution is 2.29. The van der Waals surface area contributed by atoms with E-state index in [4.69, 9.17) is 15.5 Å². The van der Waals surface area contributed by atoms with Gasteiger partial charge in [-0.05, 0) is 18.9 Å². The number of aromatic nitrogens is 3. The summed E-state index contributed by atoms with van der Waals surface area (Å²) in [7, 11) is 0. The number of nitrogens with one attached hydrogen (secondary N) is 1. The van der Waals surface area contributed by atoms with E-state index in [1.54, 1.807) is 0 Å². The smallest absolute Gasteiger partial charge is 0.207 e. The fraction of sp³-hybridized carbons (Fsp3) is 0.450. The van der Waals surface area contributed by atoms with Gasteiger partial charge >= 0.3 is 0 Å². The minimum Gasteiger partial charge on any atom is -0.382 e. The van der Waals surface area contributed by atoms with Crippen LogP contribution in [0.25, 0.3) is 21.9 Å². The first-order chi connectivity index (χ1) is 13.3. The van der Waals surface area contributed by atoms with E-state index in [9.17, 15) is 4.79 Å². The lowest BCUT2D eigenvalue weighted by Gasteiger charge is -2.11. The van der Waals surface area contributed by atoms with Crippen molar-refractivity contribution in [1.29, 1.82) is 0 Å². The van der Waals surface area contributed by atoms with E-state index in [-0.39, 0.29) is 0 Å². The second-order valence-electron chi connectivity index (χ2n) is 6.53. The Kier molecular flexibility index (Phi) is 6.59.